The first-order valence-electron chi connectivity index (χ1n) is 13.3. The Hall–Kier alpha value is -3.34. The summed E-state index contributed by atoms with van der Waals surface area (Å²) in [7, 11) is 0. The summed E-state index contributed by atoms with van der Waals surface area (Å²) in [5.41, 5.74) is 0.765. The Morgan fingerprint density at radius 3 is 1.90 bits per heavy atom. The first-order chi connectivity index (χ1) is 20.2. The number of ether oxygens (including phenoxy) is 1. The quantitative estimate of drug-likeness (QED) is 0.104. The van der Waals surface area contributed by atoms with Crippen LogP contribution in [0.15, 0.2) is 78.9 Å². The Bertz CT molecular complexity index is 1550. The molecule has 8 nitrogen and oxygen atoms in total. The van der Waals surface area contributed by atoms with E-state index >= 15 is 0 Å². The molecular weight excluding hydrogens is 692 g/mol. The van der Waals surface area contributed by atoms with Crippen LogP contribution in [-0.4, -0.2) is 55.7 Å². The van der Waals surface area contributed by atoms with Crippen molar-refractivity contribution in [3.63, 3.8) is 0 Å². The van der Waals surface area contributed by atoms with E-state index in [1.165, 1.54) is 48.5 Å². The molecule has 1 heterocycles. The van der Waals surface area contributed by atoms with Crippen molar-refractivity contribution in [2.24, 2.45) is 23.7 Å². The number of carbonyl (C=O) groups excluding carboxylic acids is 5. The van der Waals surface area contributed by atoms with Crippen molar-refractivity contribution in [1.29, 1.82) is 0 Å². The van der Waals surface area contributed by atoms with Gasteiger partial charge in [0.2, 0.25) is 0 Å². The lowest BCUT2D eigenvalue weighted by molar-refractivity contribution is -0.154. The molecule has 1 saturated heterocycles. The van der Waals surface area contributed by atoms with Crippen molar-refractivity contribution in [2.45, 2.75) is 16.1 Å². The van der Waals surface area contributed by atoms with E-state index in [-0.39, 0.29) is 38.4 Å². The van der Waals surface area contributed by atoms with Gasteiger partial charge in [-0.2, -0.15) is 5.01 Å². The van der Waals surface area contributed by atoms with Crippen molar-refractivity contribution >= 4 is 72.9 Å². The van der Waals surface area contributed by atoms with E-state index in [9.17, 15) is 24.0 Å². The highest BCUT2D eigenvalue weighted by atomic mass is 79.9. The SMILES string of the molecule is O=C(CN(C(=O)c1ccc(Cl)cc1)N1C(=O)[C@@H]2[C@H]3C[C@@H]([C@H](Br)[C@H]3Br)[C@H]2C1=O)c1ccc(OC(=O)c2ccccc2)cc1. The maximum Gasteiger partial charge on any atom is 0.343 e. The van der Waals surface area contributed by atoms with Crippen LogP contribution in [0.4, 0.5) is 0 Å². The molecule has 2 saturated carbocycles. The molecule has 11 heteroatoms. The molecule has 6 atom stereocenters. The van der Waals surface area contributed by atoms with Crippen molar-refractivity contribution < 1.29 is 28.7 Å². The second-order valence-corrected chi connectivity index (χ2v) is 13.1. The molecule has 3 amide bonds. The van der Waals surface area contributed by atoms with Gasteiger partial charge >= 0.3 is 5.97 Å². The molecule has 3 fully saturated rings. The number of ketones is 1. The zero-order chi connectivity index (χ0) is 29.7. The third-order valence-corrected chi connectivity index (χ3v) is 11.7. The second-order valence-electron chi connectivity index (χ2n) is 10.6. The van der Waals surface area contributed by atoms with E-state index in [1.807, 2.05) is 0 Å². The summed E-state index contributed by atoms with van der Waals surface area (Å²) in [5.74, 6) is -3.67. The molecular formula is C31H23Br2ClN2O6. The van der Waals surface area contributed by atoms with Crippen LogP contribution in [0.5, 0.6) is 5.75 Å². The standard InChI is InChI=1S/C31H23Br2ClN2O6/c32-26-21-14-22(27(26)33)25-24(21)29(39)36(30(25)40)35(28(38)17-6-10-19(34)11-7-17)15-23(37)16-8-12-20(13-9-16)42-31(41)18-4-2-1-3-5-18/h1-13,21-22,24-27H,14-15H2/t21-,22-,24-,25-,26+,27+/m1/s1. The topological polar surface area (TPSA) is 101 Å². The third kappa shape index (κ3) is 4.99. The first-order valence-corrected chi connectivity index (χ1v) is 15.5. The number of esters is 1. The van der Waals surface area contributed by atoms with E-state index < -0.39 is 47.9 Å². The Labute approximate surface area is 263 Å². The molecule has 0 aromatic heterocycles. The molecule has 3 aliphatic rings. The number of amides is 3. The maximum absolute atomic E-state index is 13.7. The number of fused-ring (bicyclic) bond motifs is 5. The molecule has 2 aliphatic carbocycles. The lowest BCUT2D eigenvalue weighted by Gasteiger charge is -2.31. The third-order valence-electron chi connectivity index (χ3n) is 8.22. The zero-order valence-corrected chi connectivity index (χ0v) is 25.8. The van der Waals surface area contributed by atoms with E-state index in [2.05, 4.69) is 31.9 Å². The summed E-state index contributed by atoms with van der Waals surface area (Å²) in [6.07, 6.45) is 0.734. The van der Waals surface area contributed by atoms with Gasteiger partial charge in [0.25, 0.3) is 17.7 Å². The highest BCUT2D eigenvalue weighted by Gasteiger charge is 2.67. The van der Waals surface area contributed by atoms with Crippen LogP contribution in [0.1, 0.15) is 37.5 Å². The minimum Gasteiger partial charge on any atom is -0.423 e. The number of halogens is 3. The highest BCUT2D eigenvalue weighted by molar-refractivity contribution is 9.12. The number of hydrogen-bond donors (Lipinski definition) is 0. The van der Waals surface area contributed by atoms with Gasteiger partial charge in [-0.3, -0.25) is 19.2 Å². The average molecular weight is 715 g/mol. The fourth-order valence-corrected chi connectivity index (χ4v) is 8.22. The van der Waals surface area contributed by atoms with Gasteiger partial charge in [0.05, 0.1) is 17.4 Å². The number of benzene rings is 3. The second kappa shape index (κ2) is 11.4. The van der Waals surface area contributed by atoms with E-state index in [4.69, 9.17) is 16.3 Å². The fourth-order valence-electron chi connectivity index (χ4n) is 6.22. The summed E-state index contributed by atoms with van der Waals surface area (Å²) in [4.78, 5) is 67.1. The Balaban J connectivity index is 1.25. The molecule has 2 bridgehead atoms. The number of carbonyl (C=O) groups is 5. The lowest BCUT2D eigenvalue weighted by atomic mass is 9.81. The smallest absolute Gasteiger partial charge is 0.343 e. The van der Waals surface area contributed by atoms with Crippen molar-refractivity contribution in [1.82, 2.24) is 10.0 Å². The van der Waals surface area contributed by atoms with Gasteiger partial charge in [0, 0.05) is 25.8 Å². The fraction of sp³-hybridized carbons (Fsp3) is 0.258. The monoisotopic (exact) mass is 712 g/mol. The van der Waals surface area contributed by atoms with Gasteiger partial charge in [-0.15, -0.1) is 0 Å². The maximum atomic E-state index is 13.7. The van der Waals surface area contributed by atoms with Crippen LogP contribution in [0.25, 0.3) is 0 Å². The number of hydrazine groups is 1. The lowest BCUT2D eigenvalue weighted by Crippen LogP contribution is -2.52. The first kappa shape index (κ1) is 28.8. The molecule has 42 heavy (non-hydrogen) atoms. The van der Waals surface area contributed by atoms with Gasteiger partial charge in [0.15, 0.2) is 5.78 Å². The van der Waals surface area contributed by atoms with Gasteiger partial charge in [-0.1, -0.05) is 61.7 Å². The molecule has 0 spiro atoms. The number of hydrogen-bond acceptors (Lipinski definition) is 6. The van der Waals surface area contributed by atoms with Gasteiger partial charge < -0.3 is 4.74 Å². The number of rotatable bonds is 7. The molecule has 214 valence electrons. The molecule has 6 rings (SSSR count). The minimum atomic E-state index is -0.673. The summed E-state index contributed by atoms with van der Waals surface area (Å²) in [5, 5.41) is 2.24. The number of Topliss-reactive ketones (excluding diaryl/α,β-unsaturated/α-hetero) is 1. The largest absolute Gasteiger partial charge is 0.423 e. The van der Waals surface area contributed by atoms with Crippen LogP contribution < -0.4 is 4.74 Å². The Morgan fingerprint density at radius 2 is 1.33 bits per heavy atom. The van der Waals surface area contributed by atoms with Gasteiger partial charge in [0.1, 0.15) is 12.3 Å². The molecule has 0 radical (unpaired) electrons. The normalized spacial score (nSPS) is 25.8. The summed E-state index contributed by atoms with van der Waals surface area (Å²) >= 11 is 13.3. The van der Waals surface area contributed by atoms with Crippen LogP contribution in [0, 0.1) is 23.7 Å². The summed E-state index contributed by atoms with van der Waals surface area (Å²) in [6.45, 7) is -0.549. The van der Waals surface area contributed by atoms with Crippen molar-refractivity contribution in [3.8, 4) is 5.75 Å². The highest BCUT2D eigenvalue weighted by Crippen LogP contribution is 2.60. The van der Waals surface area contributed by atoms with Crippen molar-refractivity contribution in [3.05, 3.63) is 101 Å². The Kier molecular flexibility index (Phi) is 7.80. The van der Waals surface area contributed by atoms with Crippen LogP contribution in [-0.2, 0) is 9.59 Å². The average Bonchev–Trinajstić information content (AvgIpc) is 3.61. The molecule has 3 aromatic carbocycles. The van der Waals surface area contributed by atoms with E-state index in [0.717, 1.165) is 16.4 Å². The molecule has 3 aromatic rings. The van der Waals surface area contributed by atoms with Gasteiger partial charge in [-0.05, 0) is 78.9 Å². The van der Waals surface area contributed by atoms with Gasteiger partial charge in [-0.25, -0.2) is 9.80 Å². The molecule has 0 N–H and O–H groups in total. The predicted molar refractivity (Wildman–Crippen MR) is 161 cm³/mol. The number of nitrogens with zero attached hydrogens (tertiary/aromatic N) is 2. The zero-order valence-electron chi connectivity index (χ0n) is 21.9. The Morgan fingerprint density at radius 1 is 0.786 bits per heavy atom. The number of alkyl halides is 2. The predicted octanol–water partition coefficient (Wildman–Crippen LogP) is 5.58. The van der Waals surface area contributed by atoms with Crippen LogP contribution in [0.3, 0.4) is 0 Å². The van der Waals surface area contributed by atoms with E-state index in [1.54, 1.807) is 30.3 Å². The number of imide groups is 1. The summed E-state index contributed by atoms with van der Waals surface area (Å²) in [6, 6.07) is 20.4. The van der Waals surface area contributed by atoms with Crippen LogP contribution in [0.2, 0.25) is 5.02 Å². The minimum absolute atomic E-state index is 0.0250. The molecule has 1 aliphatic heterocycles. The molecule has 0 unspecified atom stereocenters. The van der Waals surface area contributed by atoms with E-state index in [0.29, 0.717) is 10.6 Å². The van der Waals surface area contributed by atoms with Crippen LogP contribution >= 0.6 is 43.5 Å². The van der Waals surface area contributed by atoms with Crippen molar-refractivity contribution in [2.75, 3.05) is 6.54 Å². The summed E-state index contributed by atoms with van der Waals surface area (Å²) < 4.78 is 5.39.